The van der Waals surface area contributed by atoms with Gasteiger partial charge in [-0.25, -0.2) is 4.98 Å². The molecule has 0 atom stereocenters. The number of nitrogens with one attached hydrogen (secondary N) is 1. The zero-order valence-corrected chi connectivity index (χ0v) is 7.58. The molecule has 0 spiro atoms. The first-order valence-corrected chi connectivity index (χ1v) is 4.85. The number of nitriles is 1. The number of H-pyrrole nitrogens is 1. The number of aromatic nitrogens is 2. The SMILES string of the molecule is N#Cc1ncc(C2CCCCC2)[nH]1. The van der Waals surface area contributed by atoms with Gasteiger partial charge >= 0.3 is 0 Å². The van der Waals surface area contributed by atoms with E-state index in [1.54, 1.807) is 0 Å². The molecule has 0 bridgehead atoms. The van der Waals surface area contributed by atoms with Gasteiger partial charge in [0.05, 0.1) is 0 Å². The maximum atomic E-state index is 8.61. The van der Waals surface area contributed by atoms with E-state index >= 15 is 0 Å². The molecule has 1 N–H and O–H groups in total. The van der Waals surface area contributed by atoms with Crippen LogP contribution in [0.4, 0.5) is 0 Å². The first kappa shape index (κ1) is 8.31. The smallest absolute Gasteiger partial charge is 0.210 e. The first-order chi connectivity index (χ1) is 6.40. The molecule has 0 radical (unpaired) electrons. The molecule has 1 aliphatic carbocycles. The average Bonchev–Trinajstić information content (AvgIpc) is 2.67. The lowest BCUT2D eigenvalue weighted by Crippen LogP contribution is -2.04. The van der Waals surface area contributed by atoms with Crippen molar-refractivity contribution in [3.05, 3.63) is 17.7 Å². The van der Waals surface area contributed by atoms with Crippen molar-refractivity contribution in [1.82, 2.24) is 9.97 Å². The van der Waals surface area contributed by atoms with Crippen molar-refractivity contribution >= 4 is 0 Å². The number of rotatable bonds is 1. The Hall–Kier alpha value is -1.30. The number of imidazole rings is 1. The molecule has 1 saturated carbocycles. The maximum Gasteiger partial charge on any atom is 0.210 e. The summed E-state index contributed by atoms with van der Waals surface area (Å²) in [5.74, 6) is 1.06. The van der Waals surface area contributed by atoms with Gasteiger partial charge in [-0.2, -0.15) is 5.26 Å². The van der Waals surface area contributed by atoms with Crippen molar-refractivity contribution in [1.29, 1.82) is 5.26 Å². The Kier molecular flexibility index (Phi) is 2.31. The second kappa shape index (κ2) is 3.61. The van der Waals surface area contributed by atoms with E-state index in [-0.39, 0.29) is 0 Å². The van der Waals surface area contributed by atoms with Crippen molar-refractivity contribution in [2.75, 3.05) is 0 Å². The third kappa shape index (κ3) is 1.72. The highest BCUT2D eigenvalue weighted by Gasteiger charge is 2.17. The van der Waals surface area contributed by atoms with Crippen LogP contribution in [0.25, 0.3) is 0 Å². The molecule has 0 saturated heterocycles. The first-order valence-electron chi connectivity index (χ1n) is 4.85. The fourth-order valence-corrected chi connectivity index (χ4v) is 2.01. The quantitative estimate of drug-likeness (QED) is 0.712. The summed E-state index contributed by atoms with van der Waals surface area (Å²) in [5, 5.41) is 8.61. The minimum Gasteiger partial charge on any atom is -0.333 e. The third-order valence-corrected chi connectivity index (χ3v) is 2.75. The maximum absolute atomic E-state index is 8.61. The van der Waals surface area contributed by atoms with Crippen LogP contribution in [-0.2, 0) is 0 Å². The van der Waals surface area contributed by atoms with Crippen LogP contribution in [-0.4, -0.2) is 9.97 Å². The molecular weight excluding hydrogens is 162 g/mol. The summed E-state index contributed by atoms with van der Waals surface area (Å²) in [4.78, 5) is 7.05. The zero-order valence-electron chi connectivity index (χ0n) is 7.58. The summed E-state index contributed by atoms with van der Waals surface area (Å²) < 4.78 is 0. The second-order valence-corrected chi connectivity index (χ2v) is 3.63. The molecule has 1 aromatic heterocycles. The van der Waals surface area contributed by atoms with Crippen LogP contribution in [0, 0.1) is 11.3 Å². The molecule has 68 valence electrons. The second-order valence-electron chi connectivity index (χ2n) is 3.63. The van der Waals surface area contributed by atoms with Crippen molar-refractivity contribution in [3.8, 4) is 6.07 Å². The van der Waals surface area contributed by atoms with E-state index in [1.165, 1.54) is 32.1 Å². The Morgan fingerprint density at radius 2 is 2.15 bits per heavy atom. The summed E-state index contributed by atoms with van der Waals surface area (Å²) in [6, 6.07) is 2.02. The van der Waals surface area contributed by atoms with Gasteiger partial charge in [0.25, 0.3) is 0 Å². The molecule has 3 nitrogen and oxygen atoms in total. The monoisotopic (exact) mass is 175 g/mol. The minimum atomic E-state index is 0.445. The zero-order chi connectivity index (χ0) is 9.10. The molecular formula is C10H13N3. The van der Waals surface area contributed by atoms with E-state index in [0.717, 1.165) is 5.69 Å². The minimum absolute atomic E-state index is 0.445. The Balaban J connectivity index is 2.11. The number of hydrogen-bond donors (Lipinski definition) is 1. The van der Waals surface area contributed by atoms with Crippen LogP contribution in [0.1, 0.15) is 49.5 Å². The van der Waals surface area contributed by atoms with Gasteiger partial charge in [-0.1, -0.05) is 19.3 Å². The predicted molar refractivity (Wildman–Crippen MR) is 49.1 cm³/mol. The van der Waals surface area contributed by atoms with Gasteiger partial charge in [0.1, 0.15) is 6.07 Å². The van der Waals surface area contributed by atoms with Gasteiger partial charge in [-0.05, 0) is 12.8 Å². The van der Waals surface area contributed by atoms with E-state index in [9.17, 15) is 0 Å². The highest BCUT2D eigenvalue weighted by molar-refractivity contribution is 5.16. The summed E-state index contributed by atoms with van der Waals surface area (Å²) in [6.45, 7) is 0. The average molecular weight is 175 g/mol. The van der Waals surface area contributed by atoms with Crippen molar-refractivity contribution in [3.63, 3.8) is 0 Å². The van der Waals surface area contributed by atoms with E-state index < -0.39 is 0 Å². The van der Waals surface area contributed by atoms with E-state index in [0.29, 0.717) is 11.7 Å². The van der Waals surface area contributed by atoms with Crippen LogP contribution in [0.15, 0.2) is 6.20 Å². The van der Waals surface area contributed by atoms with Gasteiger partial charge < -0.3 is 4.98 Å². The van der Waals surface area contributed by atoms with Crippen molar-refractivity contribution in [2.24, 2.45) is 0 Å². The predicted octanol–water partition coefficient (Wildman–Crippen LogP) is 2.33. The Morgan fingerprint density at radius 3 is 2.77 bits per heavy atom. The molecule has 2 rings (SSSR count). The van der Waals surface area contributed by atoms with Crippen LogP contribution in [0.2, 0.25) is 0 Å². The summed E-state index contributed by atoms with van der Waals surface area (Å²) in [5.41, 5.74) is 1.15. The molecule has 1 heterocycles. The van der Waals surface area contributed by atoms with Gasteiger partial charge in [-0.15, -0.1) is 0 Å². The molecule has 3 heteroatoms. The van der Waals surface area contributed by atoms with Crippen LogP contribution in [0.3, 0.4) is 0 Å². The third-order valence-electron chi connectivity index (χ3n) is 2.75. The lowest BCUT2D eigenvalue weighted by Gasteiger charge is -2.19. The topological polar surface area (TPSA) is 52.5 Å². The van der Waals surface area contributed by atoms with Gasteiger partial charge in [0, 0.05) is 17.8 Å². The Morgan fingerprint density at radius 1 is 1.38 bits per heavy atom. The molecule has 1 fully saturated rings. The van der Waals surface area contributed by atoms with Crippen LogP contribution >= 0.6 is 0 Å². The van der Waals surface area contributed by atoms with Crippen molar-refractivity contribution < 1.29 is 0 Å². The van der Waals surface area contributed by atoms with E-state index in [1.807, 2.05) is 12.3 Å². The molecule has 1 aliphatic rings. The number of nitrogens with zero attached hydrogens (tertiary/aromatic N) is 2. The van der Waals surface area contributed by atoms with Gasteiger partial charge in [0.2, 0.25) is 5.82 Å². The fraction of sp³-hybridized carbons (Fsp3) is 0.600. The number of hydrogen-bond acceptors (Lipinski definition) is 2. The Bertz CT molecular complexity index is 315. The van der Waals surface area contributed by atoms with Gasteiger partial charge in [0.15, 0.2) is 0 Å². The lowest BCUT2D eigenvalue weighted by molar-refractivity contribution is 0.437. The fourth-order valence-electron chi connectivity index (χ4n) is 2.01. The molecule has 13 heavy (non-hydrogen) atoms. The highest BCUT2D eigenvalue weighted by Crippen LogP contribution is 2.31. The molecule has 0 unspecified atom stereocenters. The summed E-state index contributed by atoms with van der Waals surface area (Å²) in [6.07, 6.45) is 8.28. The molecule has 0 amide bonds. The van der Waals surface area contributed by atoms with Gasteiger partial charge in [-0.3, -0.25) is 0 Å². The normalized spacial score (nSPS) is 18.4. The van der Waals surface area contributed by atoms with Crippen LogP contribution in [0.5, 0.6) is 0 Å². The summed E-state index contributed by atoms with van der Waals surface area (Å²) >= 11 is 0. The van der Waals surface area contributed by atoms with Crippen molar-refractivity contribution in [2.45, 2.75) is 38.0 Å². The summed E-state index contributed by atoms with van der Waals surface area (Å²) in [7, 11) is 0. The molecule has 1 aromatic rings. The van der Waals surface area contributed by atoms with E-state index in [2.05, 4.69) is 9.97 Å². The largest absolute Gasteiger partial charge is 0.333 e. The van der Waals surface area contributed by atoms with Crippen LogP contribution < -0.4 is 0 Å². The number of aromatic amines is 1. The lowest BCUT2D eigenvalue weighted by atomic mass is 9.87. The highest BCUT2D eigenvalue weighted by atomic mass is 14.9. The molecule has 0 aromatic carbocycles. The Labute approximate surface area is 77.8 Å². The van der Waals surface area contributed by atoms with E-state index in [4.69, 9.17) is 5.26 Å². The molecule has 0 aliphatic heterocycles. The standard InChI is InChI=1S/C10H13N3/c11-6-10-12-7-9(13-10)8-4-2-1-3-5-8/h7-8H,1-5H2,(H,12,13).